The molecule has 0 spiro atoms. The molecule has 1 aliphatic rings. The van der Waals surface area contributed by atoms with Crippen LogP contribution in [0.5, 0.6) is 5.75 Å². The van der Waals surface area contributed by atoms with E-state index >= 15 is 0 Å². The zero-order chi connectivity index (χ0) is 13.7. The summed E-state index contributed by atoms with van der Waals surface area (Å²) < 4.78 is 6.04. The molecule has 0 amide bonds. The van der Waals surface area contributed by atoms with Gasteiger partial charge in [-0.15, -0.1) is 0 Å². The van der Waals surface area contributed by atoms with Crippen LogP contribution in [-0.2, 0) is 0 Å². The maximum absolute atomic E-state index is 10.9. The Balaban J connectivity index is 2.58. The molecule has 0 saturated carbocycles. The van der Waals surface area contributed by atoms with Gasteiger partial charge < -0.3 is 9.84 Å². The largest absolute Gasteiger partial charge is 0.486 e. The molecule has 5 nitrogen and oxygen atoms in total. The van der Waals surface area contributed by atoms with Gasteiger partial charge >= 0.3 is 0 Å². The highest BCUT2D eigenvalue weighted by Crippen LogP contribution is 2.46. The van der Waals surface area contributed by atoms with E-state index in [1.807, 2.05) is 13.8 Å². The quantitative estimate of drug-likeness (QED) is 0.460. The number of rotatable bonds is 1. The van der Waals surface area contributed by atoms with Crippen LogP contribution in [0, 0.1) is 10.1 Å². The summed E-state index contributed by atoms with van der Waals surface area (Å²) in [7, 11) is 0. The number of alkyl halides is 1. The van der Waals surface area contributed by atoms with Crippen molar-refractivity contribution in [1.82, 2.24) is 0 Å². The van der Waals surface area contributed by atoms with Crippen molar-refractivity contribution in [3.8, 4) is 5.75 Å². The Morgan fingerprint density at radius 3 is 2.67 bits per heavy atom. The van der Waals surface area contributed by atoms with E-state index in [0.29, 0.717) is 15.8 Å². The Morgan fingerprint density at radius 2 is 2.11 bits per heavy atom. The molecule has 7 heteroatoms. The van der Waals surface area contributed by atoms with Gasteiger partial charge in [0.2, 0.25) is 0 Å². The van der Waals surface area contributed by atoms with Crippen molar-refractivity contribution in [3.63, 3.8) is 0 Å². The maximum Gasteiger partial charge on any atom is 0.287 e. The van der Waals surface area contributed by atoms with Crippen LogP contribution in [0.1, 0.15) is 25.5 Å². The molecule has 98 valence electrons. The molecular formula is C11H11Br2NO4. The first-order valence-electron chi connectivity index (χ1n) is 5.23. The molecule has 18 heavy (non-hydrogen) atoms. The SMILES string of the molecule is CC1(C)Oc2cc([N+](=O)[O-])c(Br)cc2C(O)C1Br. The lowest BCUT2D eigenvalue weighted by molar-refractivity contribution is -0.385. The number of hydrogen-bond acceptors (Lipinski definition) is 4. The van der Waals surface area contributed by atoms with E-state index in [4.69, 9.17) is 4.74 Å². The molecule has 2 rings (SSSR count). The summed E-state index contributed by atoms with van der Waals surface area (Å²) in [5.41, 5.74) is -0.188. The number of fused-ring (bicyclic) bond motifs is 1. The molecule has 2 unspecified atom stereocenters. The number of nitrogens with zero attached hydrogens (tertiary/aromatic N) is 1. The van der Waals surface area contributed by atoms with Crippen LogP contribution in [0.15, 0.2) is 16.6 Å². The highest BCUT2D eigenvalue weighted by atomic mass is 79.9. The first kappa shape index (κ1) is 13.8. The molecule has 0 radical (unpaired) electrons. The second-order valence-electron chi connectivity index (χ2n) is 4.65. The maximum atomic E-state index is 10.9. The molecule has 0 aliphatic carbocycles. The summed E-state index contributed by atoms with van der Waals surface area (Å²) in [5.74, 6) is 0.345. The van der Waals surface area contributed by atoms with E-state index in [9.17, 15) is 15.2 Å². The number of hydrogen-bond donors (Lipinski definition) is 1. The predicted octanol–water partition coefficient (Wildman–Crippen LogP) is 3.33. The normalized spacial score (nSPS) is 25.2. The van der Waals surface area contributed by atoms with Crippen LogP contribution < -0.4 is 4.74 Å². The minimum Gasteiger partial charge on any atom is -0.486 e. The van der Waals surface area contributed by atoms with Gasteiger partial charge in [0.1, 0.15) is 11.4 Å². The lowest BCUT2D eigenvalue weighted by atomic mass is 9.91. The zero-order valence-electron chi connectivity index (χ0n) is 9.68. The number of aliphatic hydroxyl groups is 1. The fraction of sp³-hybridized carbons (Fsp3) is 0.455. The third kappa shape index (κ3) is 2.15. The van der Waals surface area contributed by atoms with E-state index in [0.717, 1.165) is 0 Å². The van der Waals surface area contributed by atoms with Gasteiger partial charge in [-0.3, -0.25) is 10.1 Å². The smallest absolute Gasteiger partial charge is 0.287 e. The number of halogens is 2. The molecule has 1 N–H and O–H groups in total. The zero-order valence-corrected chi connectivity index (χ0v) is 12.9. The van der Waals surface area contributed by atoms with Crippen molar-refractivity contribution >= 4 is 37.5 Å². The second kappa shape index (κ2) is 4.47. The first-order valence-corrected chi connectivity index (χ1v) is 6.94. The van der Waals surface area contributed by atoms with Crippen molar-refractivity contribution in [2.45, 2.75) is 30.4 Å². The van der Waals surface area contributed by atoms with E-state index in [2.05, 4.69) is 31.9 Å². The lowest BCUT2D eigenvalue weighted by Gasteiger charge is -2.40. The van der Waals surface area contributed by atoms with Crippen molar-refractivity contribution in [2.75, 3.05) is 0 Å². The van der Waals surface area contributed by atoms with Gasteiger partial charge in [-0.25, -0.2) is 0 Å². The molecule has 1 heterocycles. The molecule has 0 bridgehead atoms. The summed E-state index contributed by atoms with van der Waals surface area (Å²) in [4.78, 5) is 10.1. The fourth-order valence-corrected chi connectivity index (χ4v) is 2.78. The Labute approximate surface area is 121 Å². The van der Waals surface area contributed by atoms with Gasteiger partial charge in [-0.1, -0.05) is 15.9 Å². The number of nitro groups is 1. The van der Waals surface area contributed by atoms with Crippen molar-refractivity contribution < 1.29 is 14.8 Å². The monoisotopic (exact) mass is 379 g/mol. The number of benzene rings is 1. The Morgan fingerprint density at radius 1 is 1.50 bits per heavy atom. The predicted molar refractivity (Wildman–Crippen MR) is 73.2 cm³/mol. The lowest BCUT2D eigenvalue weighted by Crippen LogP contribution is -2.45. The molecule has 1 aromatic carbocycles. The molecule has 1 aromatic rings. The number of aliphatic hydroxyl groups excluding tert-OH is 1. The summed E-state index contributed by atoms with van der Waals surface area (Å²) >= 11 is 6.52. The van der Waals surface area contributed by atoms with Crippen LogP contribution >= 0.6 is 31.9 Å². The standard InChI is InChI=1S/C11H11Br2NO4/c1-11(2)10(13)9(15)5-3-6(12)7(14(16)17)4-8(5)18-11/h3-4,9-10,15H,1-2H3. The molecule has 0 fully saturated rings. The van der Waals surface area contributed by atoms with Gasteiger partial charge in [-0.05, 0) is 35.8 Å². The van der Waals surface area contributed by atoms with Crippen molar-refractivity contribution in [2.24, 2.45) is 0 Å². The molecule has 0 saturated heterocycles. The fourth-order valence-electron chi connectivity index (χ4n) is 1.90. The van der Waals surface area contributed by atoms with Gasteiger partial charge in [-0.2, -0.15) is 0 Å². The average molecular weight is 381 g/mol. The van der Waals surface area contributed by atoms with Crippen LogP contribution in [0.3, 0.4) is 0 Å². The van der Waals surface area contributed by atoms with E-state index in [1.54, 1.807) is 0 Å². The Bertz CT molecular complexity index is 518. The van der Waals surface area contributed by atoms with Crippen LogP contribution in [0.4, 0.5) is 5.69 Å². The minimum atomic E-state index is -0.777. The topological polar surface area (TPSA) is 72.6 Å². The second-order valence-corrected chi connectivity index (χ2v) is 6.49. The van der Waals surface area contributed by atoms with Gasteiger partial charge in [0, 0.05) is 5.56 Å². The molecule has 2 atom stereocenters. The van der Waals surface area contributed by atoms with Crippen LogP contribution in [0.25, 0.3) is 0 Å². The first-order chi connectivity index (χ1) is 8.24. The minimum absolute atomic E-state index is 0.0789. The van der Waals surface area contributed by atoms with Gasteiger partial charge in [0.15, 0.2) is 0 Å². The summed E-state index contributed by atoms with van der Waals surface area (Å²) in [5, 5.41) is 21.1. The van der Waals surface area contributed by atoms with Crippen molar-refractivity contribution in [3.05, 3.63) is 32.3 Å². The summed E-state index contributed by atoms with van der Waals surface area (Å²) in [6, 6.07) is 2.87. The molecule has 1 aliphatic heterocycles. The molecular weight excluding hydrogens is 370 g/mol. The number of ether oxygens (including phenoxy) is 1. The average Bonchev–Trinajstić information content (AvgIpc) is 2.26. The highest BCUT2D eigenvalue weighted by Gasteiger charge is 2.42. The Hall–Kier alpha value is -0.660. The van der Waals surface area contributed by atoms with Crippen LogP contribution in [-0.4, -0.2) is 20.5 Å². The van der Waals surface area contributed by atoms with E-state index in [1.165, 1.54) is 12.1 Å². The van der Waals surface area contributed by atoms with Crippen LogP contribution in [0.2, 0.25) is 0 Å². The third-order valence-electron chi connectivity index (χ3n) is 2.91. The van der Waals surface area contributed by atoms with E-state index < -0.39 is 16.6 Å². The molecule has 0 aromatic heterocycles. The van der Waals surface area contributed by atoms with E-state index in [-0.39, 0.29) is 10.5 Å². The number of nitro benzene ring substituents is 1. The third-order valence-corrected chi connectivity index (χ3v) is 5.15. The van der Waals surface area contributed by atoms with Crippen molar-refractivity contribution in [1.29, 1.82) is 0 Å². The van der Waals surface area contributed by atoms with Gasteiger partial charge in [0.05, 0.1) is 26.4 Å². The summed E-state index contributed by atoms with van der Waals surface area (Å²) in [6.07, 6.45) is -0.777. The Kier molecular flexibility index (Phi) is 3.42. The summed E-state index contributed by atoms with van der Waals surface area (Å²) in [6.45, 7) is 3.62. The highest BCUT2D eigenvalue weighted by molar-refractivity contribution is 9.10. The van der Waals surface area contributed by atoms with Gasteiger partial charge in [0.25, 0.3) is 5.69 Å².